The molecule has 1 fully saturated rings. The molecule has 1 aliphatic heterocycles. The van der Waals surface area contributed by atoms with Gasteiger partial charge in [-0.2, -0.15) is 17.5 Å². The number of nitrogens with one attached hydrogen (secondary N) is 1. The molecule has 0 saturated carbocycles. The summed E-state index contributed by atoms with van der Waals surface area (Å²) in [5.74, 6) is -0.585. The number of piperidine rings is 1. The first kappa shape index (κ1) is 21.3. The van der Waals surface area contributed by atoms with E-state index < -0.39 is 27.7 Å². The minimum atomic E-state index is -4.46. The molecule has 0 aromatic heterocycles. The average Bonchev–Trinajstić information content (AvgIpc) is 2.68. The molecule has 1 N–H and O–H groups in total. The van der Waals surface area contributed by atoms with E-state index in [0.717, 1.165) is 43.5 Å². The predicted octanol–water partition coefficient (Wildman–Crippen LogP) is 4.44. The number of rotatable bonds is 4. The molecule has 0 radical (unpaired) electrons. The highest BCUT2D eigenvalue weighted by molar-refractivity contribution is 7.89. The van der Waals surface area contributed by atoms with E-state index in [1.165, 1.54) is 16.4 Å². The van der Waals surface area contributed by atoms with Crippen LogP contribution >= 0.6 is 0 Å². The molecule has 156 valence electrons. The van der Waals surface area contributed by atoms with Crippen LogP contribution in [0.4, 0.5) is 18.9 Å². The van der Waals surface area contributed by atoms with Crippen LogP contribution in [-0.4, -0.2) is 31.7 Å². The lowest BCUT2D eigenvalue weighted by molar-refractivity contribution is -0.137. The SMILES string of the molecule is Cc1ccc(S(=O)(=O)N2CCCCC2)cc1C(=O)Nc1ccc(C(F)(F)F)cc1. The molecule has 29 heavy (non-hydrogen) atoms. The summed E-state index contributed by atoms with van der Waals surface area (Å²) in [6.45, 7) is 2.56. The fourth-order valence-corrected chi connectivity index (χ4v) is 4.75. The zero-order valence-electron chi connectivity index (χ0n) is 15.8. The number of sulfonamides is 1. The van der Waals surface area contributed by atoms with Crippen LogP contribution < -0.4 is 5.32 Å². The summed E-state index contributed by atoms with van der Waals surface area (Å²) in [4.78, 5) is 12.7. The Morgan fingerprint density at radius 1 is 1.00 bits per heavy atom. The van der Waals surface area contributed by atoms with Crippen molar-refractivity contribution >= 4 is 21.6 Å². The standard InChI is InChI=1S/C20H21F3N2O3S/c1-14-5-10-17(29(27,28)25-11-3-2-4-12-25)13-18(14)19(26)24-16-8-6-15(7-9-16)20(21,22)23/h5-10,13H,2-4,11-12H2,1H3,(H,24,26). The quantitative estimate of drug-likeness (QED) is 0.786. The third-order valence-corrected chi connectivity index (χ3v) is 6.77. The van der Waals surface area contributed by atoms with E-state index in [1.54, 1.807) is 13.0 Å². The predicted molar refractivity (Wildman–Crippen MR) is 103 cm³/mol. The van der Waals surface area contributed by atoms with Crippen LogP contribution in [-0.2, 0) is 16.2 Å². The van der Waals surface area contributed by atoms with Gasteiger partial charge >= 0.3 is 6.18 Å². The molecule has 0 spiro atoms. The molecule has 9 heteroatoms. The molecular formula is C20H21F3N2O3S. The number of anilines is 1. The highest BCUT2D eigenvalue weighted by Crippen LogP contribution is 2.30. The van der Waals surface area contributed by atoms with E-state index in [-0.39, 0.29) is 16.1 Å². The first-order valence-corrected chi connectivity index (χ1v) is 10.6. The lowest BCUT2D eigenvalue weighted by atomic mass is 10.1. The first-order chi connectivity index (χ1) is 13.6. The minimum Gasteiger partial charge on any atom is -0.322 e. The number of nitrogens with zero attached hydrogens (tertiary/aromatic N) is 1. The largest absolute Gasteiger partial charge is 0.416 e. The summed E-state index contributed by atoms with van der Waals surface area (Å²) in [6.07, 6.45) is -1.88. The topological polar surface area (TPSA) is 66.5 Å². The van der Waals surface area contributed by atoms with Crippen LogP contribution in [0.15, 0.2) is 47.4 Å². The van der Waals surface area contributed by atoms with Crippen LogP contribution in [0.1, 0.15) is 40.7 Å². The molecule has 3 rings (SSSR count). The molecule has 0 unspecified atom stereocenters. The van der Waals surface area contributed by atoms with E-state index in [1.807, 2.05) is 0 Å². The normalized spacial score (nSPS) is 15.9. The number of benzene rings is 2. The fourth-order valence-electron chi connectivity index (χ4n) is 3.20. The van der Waals surface area contributed by atoms with Gasteiger partial charge in [-0.15, -0.1) is 0 Å². The Labute approximate surface area is 167 Å². The van der Waals surface area contributed by atoms with Crippen LogP contribution in [0, 0.1) is 6.92 Å². The summed E-state index contributed by atoms with van der Waals surface area (Å²) >= 11 is 0. The zero-order chi connectivity index (χ0) is 21.2. The zero-order valence-corrected chi connectivity index (χ0v) is 16.6. The van der Waals surface area contributed by atoms with Crippen molar-refractivity contribution in [2.24, 2.45) is 0 Å². The smallest absolute Gasteiger partial charge is 0.322 e. The number of amides is 1. The van der Waals surface area contributed by atoms with E-state index in [2.05, 4.69) is 5.32 Å². The van der Waals surface area contributed by atoms with Crippen LogP contribution in [0.5, 0.6) is 0 Å². The second kappa shape index (κ2) is 8.16. The van der Waals surface area contributed by atoms with Gasteiger partial charge in [-0.05, 0) is 61.7 Å². The molecule has 2 aromatic rings. The van der Waals surface area contributed by atoms with Crippen molar-refractivity contribution in [2.45, 2.75) is 37.3 Å². The third-order valence-electron chi connectivity index (χ3n) is 4.88. The van der Waals surface area contributed by atoms with Gasteiger partial charge in [-0.3, -0.25) is 4.79 Å². The van der Waals surface area contributed by atoms with Crippen molar-refractivity contribution in [3.05, 3.63) is 59.2 Å². The number of halogens is 3. The van der Waals surface area contributed by atoms with Gasteiger partial charge in [-0.1, -0.05) is 12.5 Å². The molecule has 1 heterocycles. The lowest BCUT2D eigenvalue weighted by Crippen LogP contribution is -2.35. The van der Waals surface area contributed by atoms with Crippen molar-refractivity contribution in [3.63, 3.8) is 0 Å². The van der Waals surface area contributed by atoms with Gasteiger partial charge in [0.05, 0.1) is 10.5 Å². The average molecular weight is 426 g/mol. The maximum Gasteiger partial charge on any atom is 0.416 e. The van der Waals surface area contributed by atoms with Crippen LogP contribution in [0.25, 0.3) is 0 Å². The number of carbonyl (C=O) groups excluding carboxylic acids is 1. The van der Waals surface area contributed by atoms with E-state index in [9.17, 15) is 26.4 Å². The number of aryl methyl sites for hydroxylation is 1. The molecule has 5 nitrogen and oxygen atoms in total. The molecule has 0 aliphatic carbocycles. The number of carbonyl (C=O) groups is 1. The number of hydrogen-bond donors (Lipinski definition) is 1. The Balaban J connectivity index is 1.83. The Kier molecular flexibility index (Phi) is 6.00. The summed E-state index contributed by atoms with van der Waals surface area (Å²) in [7, 11) is -3.70. The van der Waals surface area contributed by atoms with Crippen molar-refractivity contribution < 1.29 is 26.4 Å². The second-order valence-electron chi connectivity index (χ2n) is 6.97. The monoisotopic (exact) mass is 426 g/mol. The summed E-state index contributed by atoms with van der Waals surface area (Å²) in [5, 5.41) is 2.52. The van der Waals surface area contributed by atoms with Gasteiger partial charge in [0.25, 0.3) is 5.91 Å². The first-order valence-electron chi connectivity index (χ1n) is 9.18. The van der Waals surface area contributed by atoms with Crippen molar-refractivity contribution in [1.82, 2.24) is 4.31 Å². The molecule has 0 atom stereocenters. The highest BCUT2D eigenvalue weighted by Gasteiger charge is 2.30. The summed E-state index contributed by atoms with van der Waals surface area (Å²) < 4.78 is 65.1. The lowest BCUT2D eigenvalue weighted by Gasteiger charge is -2.26. The minimum absolute atomic E-state index is 0.0302. The molecule has 1 amide bonds. The number of alkyl halides is 3. The number of hydrogen-bond acceptors (Lipinski definition) is 3. The van der Waals surface area contributed by atoms with Crippen molar-refractivity contribution in [2.75, 3.05) is 18.4 Å². The van der Waals surface area contributed by atoms with Crippen LogP contribution in [0.3, 0.4) is 0 Å². The van der Waals surface area contributed by atoms with E-state index >= 15 is 0 Å². The van der Waals surface area contributed by atoms with Gasteiger partial charge < -0.3 is 5.32 Å². The van der Waals surface area contributed by atoms with Gasteiger partial charge in [0.1, 0.15) is 0 Å². The Bertz CT molecular complexity index is 997. The summed E-state index contributed by atoms with van der Waals surface area (Å²) in [5.41, 5.74) is 0.0861. The Morgan fingerprint density at radius 3 is 2.21 bits per heavy atom. The maximum atomic E-state index is 12.9. The van der Waals surface area contributed by atoms with E-state index in [4.69, 9.17) is 0 Å². The van der Waals surface area contributed by atoms with Crippen molar-refractivity contribution in [3.8, 4) is 0 Å². The fraction of sp³-hybridized carbons (Fsp3) is 0.350. The molecular weight excluding hydrogens is 405 g/mol. The van der Waals surface area contributed by atoms with Gasteiger partial charge in [0.2, 0.25) is 10.0 Å². The highest BCUT2D eigenvalue weighted by atomic mass is 32.2. The summed E-state index contributed by atoms with van der Waals surface area (Å²) in [6, 6.07) is 8.40. The van der Waals surface area contributed by atoms with E-state index in [0.29, 0.717) is 18.7 Å². The Morgan fingerprint density at radius 2 is 1.62 bits per heavy atom. The molecule has 1 saturated heterocycles. The van der Waals surface area contributed by atoms with Crippen LogP contribution in [0.2, 0.25) is 0 Å². The van der Waals surface area contributed by atoms with Gasteiger partial charge in [0, 0.05) is 24.3 Å². The second-order valence-corrected chi connectivity index (χ2v) is 8.91. The molecule has 0 bridgehead atoms. The molecule has 1 aliphatic rings. The van der Waals surface area contributed by atoms with Gasteiger partial charge in [0.15, 0.2) is 0 Å². The van der Waals surface area contributed by atoms with Gasteiger partial charge in [-0.25, -0.2) is 8.42 Å². The molecule has 2 aromatic carbocycles. The van der Waals surface area contributed by atoms with Crippen molar-refractivity contribution in [1.29, 1.82) is 0 Å². The third kappa shape index (κ3) is 4.79. The Hall–Kier alpha value is -2.39. The maximum absolute atomic E-state index is 12.9.